The van der Waals surface area contributed by atoms with E-state index in [1.54, 1.807) is 23.7 Å². The standard InChI is InChI=1S/C16H13F3N6O2S/c1-27-11-2-3-12(24-10-7-23-28-8-10)25-13(11)14(26)20-4-9-5-21-15(22-6-9)16(17,18)19/h2-3,5-8H,4H2,1H3,(H,20,26)(H,24,25). The van der Waals surface area contributed by atoms with Crippen LogP contribution in [-0.4, -0.2) is 32.3 Å². The van der Waals surface area contributed by atoms with E-state index in [9.17, 15) is 18.0 Å². The van der Waals surface area contributed by atoms with Crippen LogP contribution in [0.15, 0.2) is 36.1 Å². The van der Waals surface area contributed by atoms with Crippen LogP contribution in [0.2, 0.25) is 0 Å². The maximum absolute atomic E-state index is 12.5. The number of amides is 1. The highest BCUT2D eigenvalue weighted by atomic mass is 32.1. The molecular weight excluding hydrogens is 397 g/mol. The average molecular weight is 410 g/mol. The van der Waals surface area contributed by atoms with E-state index in [0.717, 1.165) is 18.1 Å². The maximum Gasteiger partial charge on any atom is 0.451 e. The molecule has 0 fully saturated rings. The summed E-state index contributed by atoms with van der Waals surface area (Å²) in [5.41, 5.74) is 1.04. The van der Waals surface area contributed by atoms with Crippen LogP contribution in [0.1, 0.15) is 21.9 Å². The van der Waals surface area contributed by atoms with Crippen molar-refractivity contribution in [1.82, 2.24) is 24.6 Å². The number of methoxy groups -OCH3 is 1. The van der Waals surface area contributed by atoms with E-state index in [4.69, 9.17) is 4.74 Å². The van der Waals surface area contributed by atoms with Crippen LogP contribution < -0.4 is 15.4 Å². The number of hydrogen-bond acceptors (Lipinski definition) is 8. The second-order valence-corrected chi connectivity index (χ2v) is 6.04. The van der Waals surface area contributed by atoms with Gasteiger partial charge in [-0.2, -0.15) is 17.5 Å². The third kappa shape index (κ3) is 4.71. The maximum atomic E-state index is 12.5. The van der Waals surface area contributed by atoms with E-state index in [-0.39, 0.29) is 18.0 Å². The van der Waals surface area contributed by atoms with Crippen LogP contribution in [0.4, 0.5) is 24.7 Å². The Morgan fingerprint density at radius 1 is 1.21 bits per heavy atom. The second kappa shape index (κ2) is 8.17. The highest BCUT2D eigenvalue weighted by Gasteiger charge is 2.34. The second-order valence-electron chi connectivity index (χ2n) is 5.38. The van der Waals surface area contributed by atoms with Crippen LogP contribution in [0.5, 0.6) is 5.75 Å². The smallest absolute Gasteiger partial charge is 0.451 e. The van der Waals surface area contributed by atoms with Crippen molar-refractivity contribution in [2.75, 3.05) is 12.4 Å². The number of nitrogens with one attached hydrogen (secondary N) is 2. The van der Waals surface area contributed by atoms with Crippen molar-refractivity contribution in [3.63, 3.8) is 0 Å². The molecule has 0 unspecified atom stereocenters. The summed E-state index contributed by atoms with van der Waals surface area (Å²) in [6.07, 6.45) is -1.00. The molecule has 0 aliphatic heterocycles. The number of carbonyl (C=O) groups excluding carboxylic acids is 1. The molecule has 3 heterocycles. The Kier molecular flexibility index (Phi) is 5.68. The van der Waals surface area contributed by atoms with Crippen LogP contribution in [0.25, 0.3) is 0 Å². The minimum atomic E-state index is -4.62. The van der Waals surface area contributed by atoms with E-state index in [0.29, 0.717) is 11.4 Å². The van der Waals surface area contributed by atoms with Crippen molar-refractivity contribution in [2.24, 2.45) is 0 Å². The van der Waals surface area contributed by atoms with Crippen molar-refractivity contribution in [3.8, 4) is 5.75 Å². The van der Waals surface area contributed by atoms with Gasteiger partial charge in [-0.3, -0.25) is 4.79 Å². The number of carbonyl (C=O) groups is 1. The topological polar surface area (TPSA) is 102 Å². The zero-order valence-corrected chi connectivity index (χ0v) is 15.1. The summed E-state index contributed by atoms with van der Waals surface area (Å²) in [6, 6.07) is 3.21. The van der Waals surface area contributed by atoms with Gasteiger partial charge >= 0.3 is 6.18 Å². The van der Waals surface area contributed by atoms with E-state index < -0.39 is 17.9 Å². The van der Waals surface area contributed by atoms with Crippen molar-refractivity contribution < 1.29 is 22.7 Å². The summed E-state index contributed by atoms with van der Waals surface area (Å²) in [6.45, 7) is -0.0755. The Morgan fingerprint density at radius 3 is 2.57 bits per heavy atom. The first kappa shape index (κ1) is 19.5. The Morgan fingerprint density at radius 2 is 1.96 bits per heavy atom. The van der Waals surface area contributed by atoms with Gasteiger partial charge in [0.15, 0.2) is 5.69 Å². The molecule has 0 atom stereocenters. The van der Waals surface area contributed by atoms with Crippen molar-refractivity contribution >= 4 is 28.9 Å². The molecule has 0 saturated heterocycles. The van der Waals surface area contributed by atoms with E-state index >= 15 is 0 Å². The van der Waals surface area contributed by atoms with Crippen LogP contribution in [-0.2, 0) is 12.7 Å². The highest BCUT2D eigenvalue weighted by Crippen LogP contribution is 2.25. The number of ether oxygens (including phenoxy) is 1. The molecule has 0 spiro atoms. The molecule has 0 aliphatic rings. The summed E-state index contributed by atoms with van der Waals surface area (Å²) in [4.78, 5) is 23.2. The molecule has 3 aromatic heterocycles. The van der Waals surface area contributed by atoms with Gasteiger partial charge in [-0.1, -0.05) is 0 Å². The molecule has 3 rings (SSSR count). The van der Waals surface area contributed by atoms with Crippen LogP contribution >= 0.6 is 11.5 Å². The van der Waals surface area contributed by atoms with Gasteiger partial charge in [0, 0.05) is 29.9 Å². The lowest BCUT2D eigenvalue weighted by atomic mass is 10.2. The average Bonchev–Trinajstić information content (AvgIpc) is 3.18. The largest absolute Gasteiger partial charge is 0.494 e. The van der Waals surface area contributed by atoms with Crippen molar-refractivity contribution in [2.45, 2.75) is 12.7 Å². The fraction of sp³-hybridized carbons (Fsp3) is 0.188. The van der Waals surface area contributed by atoms with Gasteiger partial charge in [-0.25, -0.2) is 15.0 Å². The number of hydrogen-bond donors (Lipinski definition) is 2. The molecule has 28 heavy (non-hydrogen) atoms. The Bertz CT molecular complexity index is 948. The number of pyridine rings is 1. The number of nitrogens with zero attached hydrogens (tertiary/aromatic N) is 4. The minimum absolute atomic E-state index is 0.0171. The van der Waals surface area contributed by atoms with Gasteiger partial charge in [-0.05, 0) is 23.7 Å². The quantitative estimate of drug-likeness (QED) is 0.644. The lowest BCUT2D eigenvalue weighted by Gasteiger charge is -2.11. The normalized spacial score (nSPS) is 11.1. The van der Waals surface area contributed by atoms with Crippen molar-refractivity contribution in [1.29, 1.82) is 0 Å². The van der Waals surface area contributed by atoms with Crippen LogP contribution in [0, 0.1) is 0 Å². The summed E-state index contributed by atoms with van der Waals surface area (Å²) in [7, 11) is 1.40. The van der Waals surface area contributed by atoms with E-state index in [1.807, 2.05) is 0 Å². The molecule has 0 bridgehead atoms. The number of halogens is 3. The Labute approximate surface area is 161 Å². The summed E-state index contributed by atoms with van der Waals surface area (Å²) < 4.78 is 46.6. The number of rotatable bonds is 6. The predicted octanol–water partition coefficient (Wildman–Crippen LogP) is 3.03. The van der Waals surface area contributed by atoms with Gasteiger partial charge in [0.25, 0.3) is 5.91 Å². The molecule has 0 aliphatic carbocycles. The molecule has 0 radical (unpaired) electrons. The first-order valence-electron chi connectivity index (χ1n) is 7.74. The highest BCUT2D eigenvalue weighted by molar-refractivity contribution is 7.04. The van der Waals surface area contributed by atoms with Crippen LogP contribution in [0.3, 0.4) is 0 Å². The number of alkyl halides is 3. The molecular formula is C16H13F3N6O2S. The molecule has 0 aromatic carbocycles. The lowest BCUT2D eigenvalue weighted by Crippen LogP contribution is -2.25. The van der Waals surface area contributed by atoms with Gasteiger partial charge in [0.2, 0.25) is 5.82 Å². The predicted molar refractivity (Wildman–Crippen MR) is 94.4 cm³/mol. The number of aromatic nitrogens is 4. The summed E-state index contributed by atoms with van der Waals surface area (Å²) in [5, 5.41) is 7.33. The molecule has 1 amide bonds. The molecule has 8 nitrogen and oxygen atoms in total. The molecule has 2 N–H and O–H groups in total. The van der Waals surface area contributed by atoms with Gasteiger partial charge in [-0.15, -0.1) is 0 Å². The monoisotopic (exact) mass is 410 g/mol. The van der Waals surface area contributed by atoms with E-state index in [1.165, 1.54) is 18.6 Å². The third-order valence-electron chi connectivity index (χ3n) is 3.41. The molecule has 0 saturated carbocycles. The van der Waals surface area contributed by atoms with Gasteiger partial charge in [0.1, 0.15) is 11.6 Å². The molecule has 3 aromatic rings. The van der Waals surface area contributed by atoms with Gasteiger partial charge in [0.05, 0.1) is 19.0 Å². The van der Waals surface area contributed by atoms with Crippen molar-refractivity contribution in [3.05, 3.63) is 53.2 Å². The fourth-order valence-electron chi connectivity index (χ4n) is 2.12. The fourth-order valence-corrected chi connectivity index (χ4v) is 2.58. The number of anilines is 2. The first-order valence-corrected chi connectivity index (χ1v) is 8.58. The summed E-state index contributed by atoms with van der Waals surface area (Å²) >= 11 is 1.26. The minimum Gasteiger partial charge on any atom is -0.494 e. The molecule has 146 valence electrons. The Hall–Kier alpha value is -3.28. The zero-order valence-electron chi connectivity index (χ0n) is 14.3. The van der Waals surface area contributed by atoms with Gasteiger partial charge < -0.3 is 15.4 Å². The zero-order chi connectivity index (χ0) is 20.1. The third-order valence-corrected chi connectivity index (χ3v) is 4.00. The lowest BCUT2D eigenvalue weighted by molar-refractivity contribution is -0.145. The summed E-state index contributed by atoms with van der Waals surface area (Å²) in [5.74, 6) is -1.16. The molecule has 12 heteroatoms. The Balaban J connectivity index is 1.70. The SMILES string of the molecule is COc1ccc(Nc2cnsc2)nc1C(=O)NCc1cnc(C(F)(F)F)nc1. The van der Waals surface area contributed by atoms with E-state index in [2.05, 4.69) is 30.0 Å². The first-order chi connectivity index (χ1) is 13.4.